The van der Waals surface area contributed by atoms with Crippen LogP contribution >= 0.6 is 11.6 Å². The van der Waals surface area contributed by atoms with Crippen LogP contribution in [-0.4, -0.2) is 6.61 Å². The van der Waals surface area contributed by atoms with Crippen LogP contribution in [0.3, 0.4) is 0 Å². The second kappa shape index (κ2) is 4.17. The number of benzene rings is 1. The lowest BCUT2D eigenvalue weighted by molar-refractivity contribution is 0.363. The van der Waals surface area contributed by atoms with Crippen LogP contribution < -0.4 is 4.74 Å². The Hall–Kier alpha value is -0.950. The molecule has 0 heterocycles. The number of aryl methyl sites for hydroxylation is 1. The zero-order valence-electron chi connectivity index (χ0n) is 7.01. The lowest BCUT2D eigenvalue weighted by atomic mass is 10.2. The fourth-order valence-corrected chi connectivity index (χ4v) is 1.04. The van der Waals surface area contributed by atoms with E-state index in [0.717, 1.165) is 11.3 Å². The van der Waals surface area contributed by atoms with Gasteiger partial charge in [0.2, 0.25) is 0 Å². The summed E-state index contributed by atoms with van der Waals surface area (Å²) in [5.74, 6) is 0.719. The van der Waals surface area contributed by atoms with E-state index in [2.05, 4.69) is 6.58 Å². The highest BCUT2D eigenvalue weighted by molar-refractivity contribution is 6.32. The van der Waals surface area contributed by atoms with Crippen LogP contribution in [0.15, 0.2) is 30.9 Å². The summed E-state index contributed by atoms with van der Waals surface area (Å²) in [6.07, 6.45) is 1.69. The molecule has 0 unspecified atom stereocenters. The minimum Gasteiger partial charge on any atom is -0.488 e. The summed E-state index contributed by atoms with van der Waals surface area (Å²) in [4.78, 5) is 0. The van der Waals surface area contributed by atoms with Crippen molar-refractivity contribution in [2.45, 2.75) is 6.92 Å². The zero-order chi connectivity index (χ0) is 8.97. The first kappa shape index (κ1) is 9.14. The molecule has 0 atom stereocenters. The molecule has 1 nitrogen and oxygen atoms in total. The third kappa shape index (κ3) is 2.28. The Morgan fingerprint density at radius 2 is 2.33 bits per heavy atom. The van der Waals surface area contributed by atoms with Gasteiger partial charge in [0.05, 0.1) is 5.02 Å². The maximum atomic E-state index is 5.87. The van der Waals surface area contributed by atoms with Crippen molar-refractivity contribution in [3.63, 3.8) is 0 Å². The molecular weight excluding hydrogens is 172 g/mol. The molecule has 0 spiro atoms. The summed E-state index contributed by atoms with van der Waals surface area (Å²) in [6.45, 7) is 6.05. The Kier molecular flexibility index (Phi) is 3.18. The van der Waals surface area contributed by atoms with Gasteiger partial charge in [0.1, 0.15) is 12.4 Å². The molecule has 2 heteroatoms. The van der Waals surface area contributed by atoms with Gasteiger partial charge in [-0.2, -0.15) is 0 Å². The van der Waals surface area contributed by atoms with Crippen molar-refractivity contribution >= 4 is 11.6 Å². The molecule has 64 valence electrons. The van der Waals surface area contributed by atoms with E-state index in [9.17, 15) is 0 Å². The Morgan fingerprint density at radius 1 is 1.58 bits per heavy atom. The highest BCUT2D eigenvalue weighted by Crippen LogP contribution is 2.24. The van der Waals surface area contributed by atoms with Gasteiger partial charge < -0.3 is 4.74 Å². The molecule has 0 N–H and O–H groups in total. The van der Waals surface area contributed by atoms with Crippen LogP contribution in [0.2, 0.25) is 5.02 Å². The molecule has 0 saturated carbocycles. The maximum absolute atomic E-state index is 5.87. The smallest absolute Gasteiger partial charge is 0.138 e. The molecule has 0 aliphatic rings. The van der Waals surface area contributed by atoms with Crippen LogP contribution in [0.1, 0.15) is 5.56 Å². The molecule has 0 amide bonds. The summed E-state index contributed by atoms with van der Waals surface area (Å²) in [5.41, 5.74) is 1.14. The Balaban J connectivity index is 2.82. The van der Waals surface area contributed by atoms with Crippen molar-refractivity contribution in [2.75, 3.05) is 6.61 Å². The molecule has 0 fully saturated rings. The minimum atomic E-state index is 0.489. The normalized spacial score (nSPS) is 9.50. The Labute approximate surface area is 77.6 Å². The predicted octanol–water partition coefficient (Wildman–Crippen LogP) is 3.21. The van der Waals surface area contributed by atoms with Crippen molar-refractivity contribution in [2.24, 2.45) is 0 Å². The van der Waals surface area contributed by atoms with E-state index >= 15 is 0 Å². The molecule has 1 rings (SSSR count). The summed E-state index contributed by atoms with van der Waals surface area (Å²) < 4.78 is 5.32. The van der Waals surface area contributed by atoms with Crippen LogP contribution in [0, 0.1) is 6.92 Å². The van der Waals surface area contributed by atoms with Crippen LogP contribution in [-0.2, 0) is 0 Å². The van der Waals surface area contributed by atoms with Gasteiger partial charge in [-0.15, -0.1) is 0 Å². The quantitative estimate of drug-likeness (QED) is 0.653. The fourth-order valence-electron chi connectivity index (χ4n) is 0.870. The van der Waals surface area contributed by atoms with Gasteiger partial charge in [-0.3, -0.25) is 0 Å². The van der Waals surface area contributed by atoms with E-state index in [1.807, 2.05) is 25.1 Å². The molecule has 0 aromatic heterocycles. The van der Waals surface area contributed by atoms with E-state index in [-0.39, 0.29) is 0 Å². The molecule has 12 heavy (non-hydrogen) atoms. The highest BCUT2D eigenvalue weighted by atomic mass is 35.5. The standard InChI is InChI=1S/C10H11ClO/c1-3-6-12-10-7-8(2)4-5-9(10)11/h3-5,7H,1,6H2,2H3. The third-order valence-corrected chi connectivity index (χ3v) is 1.76. The molecule has 0 radical (unpaired) electrons. The maximum Gasteiger partial charge on any atom is 0.138 e. The lowest BCUT2D eigenvalue weighted by Gasteiger charge is -2.05. The van der Waals surface area contributed by atoms with E-state index in [1.165, 1.54) is 0 Å². The highest BCUT2D eigenvalue weighted by Gasteiger charge is 1.99. The summed E-state index contributed by atoms with van der Waals surface area (Å²) in [5, 5.41) is 0.641. The second-order valence-corrected chi connectivity index (χ2v) is 2.94. The number of halogens is 1. The fraction of sp³-hybridized carbons (Fsp3) is 0.200. The predicted molar refractivity (Wildman–Crippen MR) is 51.9 cm³/mol. The molecule has 1 aromatic rings. The Morgan fingerprint density at radius 3 is 3.00 bits per heavy atom. The average molecular weight is 183 g/mol. The third-order valence-electron chi connectivity index (χ3n) is 1.44. The Bertz CT molecular complexity index is 281. The van der Waals surface area contributed by atoms with Crippen molar-refractivity contribution in [3.8, 4) is 5.75 Å². The molecule has 0 bridgehead atoms. The summed E-state index contributed by atoms with van der Waals surface area (Å²) in [7, 11) is 0. The van der Waals surface area contributed by atoms with E-state index < -0.39 is 0 Å². The van der Waals surface area contributed by atoms with E-state index in [4.69, 9.17) is 16.3 Å². The van der Waals surface area contributed by atoms with Crippen molar-refractivity contribution in [3.05, 3.63) is 41.4 Å². The monoisotopic (exact) mass is 182 g/mol. The molecular formula is C10H11ClO. The van der Waals surface area contributed by atoms with E-state index in [1.54, 1.807) is 6.08 Å². The van der Waals surface area contributed by atoms with Crippen molar-refractivity contribution in [1.29, 1.82) is 0 Å². The number of hydrogen-bond donors (Lipinski definition) is 0. The van der Waals surface area contributed by atoms with Gasteiger partial charge in [0, 0.05) is 0 Å². The zero-order valence-corrected chi connectivity index (χ0v) is 7.77. The topological polar surface area (TPSA) is 9.23 Å². The van der Waals surface area contributed by atoms with Gasteiger partial charge in [-0.25, -0.2) is 0 Å². The first-order chi connectivity index (χ1) is 5.74. The summed E-state index contributed by atoms with van der Waals surface area (Å²) >= 11 is 5.87. The van der Waals surface area contributed by atoms with E-state index in [0.29, 0.717) is 11.6 Å². The largest absolute Gasteiger partial charge is 0.488 e. The summed E-state index contributed by atoms with van der Waals surface area (Å²) in [6, 6.07) is 5.68. The molecule has 0 aliphatic carbocycles. The van der Waals surface area contributed by atoms with Crippen molar-refractivity contribution in [1.82, 2.24) is 0 Å². The SMILES string of the molecule is C=CCOc1cc(C)ccc1Cl. The first-order valence-corrected chi connectivity index (χ1v) is 4.11. The minimum absolute atomic E-state index is 0.489. The number of rotatable bonds is 3. The van der Waals surface area contributed by atoms with Gasteiger partial charge >= 0.3 is 0 Å². The van der Waals surface area contributed by atoms with Crippen LogP contribution in [0.25, 0.3) is 0 Å². The molecule has 0 aliphatic heterocycles. The van der Waals surface area contributed by atoms with Crippen LogP contribution in [0.4, 0.5) is 0 Å². The lowest BCUT2D eigenvalue weighted by Crippen LogP contribution is -1.93. The number of ether oxygens (including phenoxy) is 1. The van der Waals surface area contributed by atoms with Crippen LogP contribution in [0.5, 0.6) is 5.75 Å². The second-order valence-electron chi connectivity index (χ2n) is 2.53. The van der Waals surface area contributed by atoms with Crippen molar-refractivity contribution < 1.29 is 4.74 Å². The molecule has 0 saturated heterocycles. The van der Waals surface area contributed by atoms with Gasteiger partial charge in [0.25, 0.3) is 0 Å². The van der Waals surface area contributed by atoms with Gasteiger partial charge in [-0.05, 0) is 24.6 Å². The number of hydrogen-bond acceptors (Lipinski definition) is 1. The average Bonchev–Trinajstić information content (AvgIpc) is 2.07. The molecule has 1 aromatic carbocycles. The first-order valence-electron chi connectivity index (χ1n) is 3.74. The van der Waals surface area contributed by atoms with Gasteiger partial charge in [-0.1, -0.05) is 30.3 Å². The van der Waals surface area contributed by atoms with Gasteiger partial charge in [0.15, 0.2) is 0 Å².